The Kier molecular flexibility index (Phi) is 10.1. The van der Waals surface area contributed by atoms with Crippen molar-refractivity contribution in [3.05, 3.63) is 12.2 Å². The number of hydrogen-bond donors (Lipinski definition) is 1. The third-order valence-corrected chi connectivity index (χ3v) is 2.45. The molecule has 0 rings (SSSR count). The molecule has 3 heteroatoms. The van der Waals surface area contributed by atoms with Gasteiger partial charge in [0.25, 0.3) is 0 Å². The van der Waals surface area contributed by atoms with E-state index in [4.69, 9.17) is 9.84 Å². The fourth-order valence-electron chi connectivity index (χ4n) is 1.46. The lowest BCUT2D eigenvalue weighted by Gasteiger charge is -2.05. The Morgan fingerprint density at radius 1 is 1.19 bits per heavy atom. The number of ether oxygens (including phenoxy) is 1. The number of hydrogen-bond acceptors (Lipinski definition) is 3. The lowest BCUT2D eigenvalue weighted by Crippen LogP contribution is -2.10. The van der Waals surface area contributed by atoms with Crippen molar-refractivity contribution in [1.82, 2.24) is 0 Å². The van der Waals surface area contributed by atoms with E-state index in [1.807, 2.05) is 0 Å². The Balaban J connectivity index is 3.39. The third kappa shape index (κ3) is 8.48. The van der Waals surface area contributed by atoms with Crippen molar-refractivity contribution in [3.63, 3.8) is 0 Å². The van der Waals surface area contributed by atoms with Crippen molar-refractivity contribution in [1.29, 1.82) is 0 Å². The SMILES string of the molecule is C=C(CCCCCCCC)C(=O)OCCO. The minimum atomic E-state index is -0.373. The molecule has 0 saturated carbocycles. The molecule has 0 bridgehead atoms. The van der Waals surface area contributed by atoms with Crippen LogP contribution in [0.4, 0.5) is 0 Å². The summed E-state index contributed by atoms with van der Waals surface area (Å²) in [6, 6.07) is 0. The van der Waals surface area contributed by atoms with Gasteiger partial charge >= 0.3 is 5.97 Å². The third-order valence-electron chi connectivity index (χ3n) is 2.45. The number of unbranched alkanes of at least 4 members (excludes halogenated alkanes) is 5. The molecule has 0 fully saturated rings. The maximum Gasteiger partial charge on any atom is 0.333 e. The molecule has 0 heterocycles. The zero-order valence-corrected chi connectivity index (χ0v) is 10.3. The van der Waals surface area contributed by atoms with Gasteiger partial charge in [-0.1, -0.05) is 45.6 Å². The van der Waals surface area contributed by atoms with Crippen LogP contribution >= 0.6 is 0 Å². The van der Waals surface area contributed by atoms with E-state index >= 15 is 0 Å². The van der Waals surface area contributed by atoms with Gasteiger partial charge in [0.15, 0.2) is 0 Å². The number of carbonyl (C=O) groups is 1. The van der Waals surface area contributed by atoms with E-state index in [1.54, 1.807) is 0 Å². The molecule has 0 radical (unpaired) electrons. The average Bonchev–Trinajstić information content (AvgIpc) is 2.30. The molecule has 0 aliphatic heterocycles. The van der Waals surface area contributed by atoms with Gasteiger partial charge < -0.3 is 9.84 Å². The van der Waals surface area contributed by atoms with E-state index in [2.05, 4.69) is 13.5 Å². The highest BCUT2D eigenvalue weighted by Gasteiger charge is 2.07. The van der Waals surface area contributed by atoms with Crippen LogP contribution in [0.2, 0.25) is 0 Å². The van der Waals surface area contributed by atoms with Gasteiger partial charge in [0.2, 0.25) is 0 Å². The summed E-state index contributed by atoms with van der Waals surface area (Å²) in [5.41, 5.74) is 0.518. The quantitative estimate of drug-likeness (QED) is 0.355. The summed E-state index contributed by atoms with van der Waals surface area (Å²) in [6.07, 6.45) is 7.89. The van der Waals surface area contributed by atoms with Crippen molar-refractivity contribution >= 4 is 5.97 Å². The van der Waals surface area contributed by atoms with E-state index in [0.717, 1.165) is 12.8 Å². The molecule has 0 unspecified atom stereocenters. The normalized spacial score (nSPS) is 10.1. The van der Waals surface area contributed by atoms with Crippen LogP contribution in [0.15, 0.2) is 12.2 Å². The van der Waals surface area contributed by atoms with Gasteiger partial charge in [-0.05, 0) is 12.8 Å². The lowest BCUT2D eigenvalue weighted by molar-refractivity contribution is -0.140. The Morgan fingerprint density at radius 3 is 2.44 bits per heavy atom. The van der Waals surface area contributed by atoms with Crippen LogP contribution in [0.1, 0.15) is 51.9 Å². The van der Waals surface area contributed by atoms with Gasteiger partial charge in [-0.15, -0.1) is 0 Å². The van der Waals surface area contributed by atoms with Gasteiger partial charge in [0, 0.05) is 5.57 Å². The van der Waals surface area contributed by atoms with E-state index in [1.165, 1.54) is 25.7 Å². The molecule has 94 valence electrons. The number of carbonyl (C=O) groups excluding carboxylic acids is 1. The predicted molar refractivity (Wildman–Crippen MR) is 65.2 cm³/mol. The number of aliphatic hydroxyl groups excluding tert-OH is 1. The lowest BCUT2D eigenvalue weighted by atomic mass is 10.1. The summed E-state index contributed by atoms with van der Waals surface area (Å²) in [4.78, 5) is 11.2. The highest BCUT2D eigenvalue weighted by molar-refractivity contribution is 5.87. The van der Waals surface area contributed by atoms with Crippen molar-refractivity contribution in [3.8, 4) is 0 Å². The van der Waals surface area contributed by atoms with E-state index in [-0.39, 0.29) is 19.2 Å². The largest absolute Gasteiger partial charge is 0.460 e. The summed E-state index contributed by atoms with van der Waals surface area (Å²) in [6.45, 7) is 5.81. The van der Waals surface area contributed by atoms with Crippen molar-refractivity contribution in [2.24, 2.45) is 0 Å². The molecule has 0 aliphatic carbocycles. The minimum absolute atomic E-state index is 0.0638. The molecule has 0 aromatic heterocycles. The second kappa shape index (κ2) is 10.7. The van der Waals surface area contributed by atoms with Gasteiger partial charge in [0.1, 0.15) is 6.61 Å². The van der Waals surface area contributed by atoms with Gasteiger partial charge in [-0.25, -0.2) is 4.79 Å². The molecule has 0 aliphatic rings. The van der Waals surface area contributed by atoms with Crippen LogP contribution < -0.4 is 0 Å². The minimum Gasteiger partial charge on any atom is -0.460 e. The second-order valence-corrected chi connectivity index (χ2v) is 3.98. The maximum atomic E-state index is 11.2. The summed E-state index contributed by atoms with van der Waals surface area (Å²) in [5, 5.41) is 8.49. The summed E-state index contributed by atoms with van der Waals surface area (Å²) < 4.78 is 4.76. The van der Waals surface area contributed by atoms with Gasteiger partial charge in [-0.2, -0.15) is 0 Å². The number of aliphatic hydroxyl groups is 1. The molecule has 1 N–H and O–H groups in total. The zero-order chi connectivity index (χ0) is 12.2. The topological polar surface area (TPSA) is 46.5 Å². The van der Waals surface area contributed by atoms with Crippen LogP contribution in [-0.4, -0.2) is 24.3 Å². The molecule has 3 nitrogen and oxygen atoms in total. The first-order valence-corrected chi connectivity index (χ1v) is 6.18. The Bertz CT molecular complexity index is 199. The molecular weight excluding hydrogens is 204 g/mol. The summed E-state index contributed by atoms with van der Waals surface area (Å²) >= 11 is 0. The summed E-state index contributed by atoms with van der Waals surface area (Å²) in [5.74, 6) is -0.373. The molecule has 0 atom stereocenters. The fourth-order valence-corrected chi connectivity index (χ4v) is 1.46. The Labute approximate surface area is 98.5 Å². The van der Waals surface area contributed by atoms with Gasteiger partial charge in [0.05, 0.1) is 6.61 Å². The first-order valence-electron chi connectivity index (χ1n) is 6.18. The molecule has 0 saturated heterocycles. The van der Waals surface area contributed by atoms with E-state index in [9.17, 15) is 4.79 Å². The van der Waals surface area contributed by atoms with Crippen LogP contribution in [0.3, 0.4) is 0 Å². The van der Waals surface area contributed by atoms with E-state index in [0.29, 0.717) is 12.0 Å². The van der Waals surface area contributed by atoms with Crippen LogP contribution in [0.25, 0.3) is 0 Å². The Morgan fingerprint density at radius 2 is 1.81 bits per heavy atom. The highest BCUT2D eigenvalue weighted by atomic mass is 16.5. The van der Waals surface area contributed by atoms with Crippen LogP contribution in [-0.2, 0) is 9.53 Å². The predicted octanol–water partition coefficient (Wildman–Crippen LogP) is 2.83. The molecule has 0 aromatic rings. The standard InChI is InChI=1S/C13H24O3/c1-3-4-5-6-7-8-9-12(2)13(15)16-11-10-14/h14H,2-11H2,1H3. The van der Waals surface area contributed by atoms with E-state index < -0.39 is 0 Å². The smallest absolute Gasteiger partial charge is 0.333 e. The monoisotopic (exact) mass is 228 g/mol. The fraction of sp³-hybridized carbons (Fsp3) is 0.769. The first kappa shape index (κ1) is 15.2. The summed E-state index contributed by atoms with van der Waals surface area (Å²) in [7, 11) is 0. The molecule has 0 amide bonds. The molecule has 0 aromatic carbocycles. The first-order chi connectivity index (χ1) is 7.72. The maximum absolute atomic E-state index is 11.2. The highest BCUT2D eigenvalue weighted by Crippen LogP contribution is 2.11. The number of esters is 1. The zero-order valence-electron chi connectivity index (χ0n) is 10.3. The van der Waals surface area contributed by atoms with Gasteiger partial charge in [-0.3, -0.25) is 0 Å². The molecule has 0 spiro atoms. The second-order valence-electron chi connectivity index (χ2n) is 3.98. The number of rotatable bonds is 10. The molecule has 16 heavy (non-hydrogen) atoms. The van der Waals surface area contributed by atoms with Crippen molar-refractivity contribution in [2.45, 2.75) is 51.9 Å². The van der Waals surface area contributed by atoms with Crippen LogP contribution in [0, 0.1) is 0 Å². The van der Waals surface area contributed by atoms with Crippen molar-refractivity contribution < 1.29 is 14.6 Å². The average molecular weight is 228 g/mol. The molecular formula is C13H24O3. The Hall–Kier alpha value is -0.830. The van der Waals surface area contributed by atoms with Crippen LogP contribution in [0.5, 0.6) is 0 Å². The van der Waals surface area contributed by atoms with Crippen molar-refractivity contribution in [2.75, 3.05) is 13.2 Å².